The zero-order chi connectivity index (χ0) is 24.1. The van der Waals surface area contributed by atoms with Crippen LogP contribution < -0.4 is 16.2 Å². The maximum absolute atomic E-state index is 11.8. The minimum Gasteiger partial charge on any atom is -0.756 e. The Bertz CT molecular complexity index is 1210. The molecule has 0 radical (unpaired) electrons. The number of aromatic nitrogens is 4. The van der Waals surface area contributed by atoms with Crippen molar-refractivity contribution < 1.29 is 61.4 Å². The summed E-state index contributed by atoms with van der Waals surface area (Å²) in [6.07, 6.45) is -5.38. The van der Waals surface area contributed by atoms with Gasteiger partial charge in [-0.3, -0.25) is 23.4 Å². The number of H-pyrrole nitrogens is 1. The number of phosphoric ester groups is 1. The van der Waals surface area contributed by atoms with Gasteiger partial charge in [-0.05, 0) is 0 Å². The van der Waals surface area contributed by atoms with E-state index < -0.39 is 60.2 Å². The first-order valence-electron chi connectivity index (χ1n) is 8.09. The first-order valence-corrected chi connectivity index (χ1v) is 12.6. The van der Waals surface area contributed by atoms with E-state index in [4.69, 9.17) is 20.3 Å². The summed E-state index contributed by atoms with van der Waals surface area (Å²) < 4.78 is 51.3. The van der Waals surface area contributed by atoms with E-state index in [2.05, 4.69) is 28.1 Å². The van der Waals surface area contributed by atoms with Gasteiger partial charge in [-0.25, -0.2) is 18.4 Å². The normalized spacial score (nSPS) is 29.4. The quantitative estimate of drug-likeness (QED) is 0.170. The van der Waals surface area contributed by atoms with Gasteiger partial charge in [-0.15, -0.1) is 0 Å². The maximum atomic E-state index is 11.8. The van der Waals surface area contributed by atoms with Crippen molar-refractivity contribution in [3.8, 4) is 0 Å². The highest BCUT2D eigenvalue weighted by Gasteiger charge is 2.46. The molecule has 0 saturated carbocycles. The standard InChI is InChI=1S/C10H16N5O14P3/c11-10-13-7-4(8(18)14-10)12-2-15(7)9-6(17)5(16)3(27-9)1-26-31(22,23)29-32(24,25)28-30(19,20)21/h2-3,5-6,9,16-17H,1H2,(H,22,23)(H,24,25)(H2,19,20,21)(H3,11,13,14,18)/p-1/t3-,5-,6-,9+/m1/s1. The highest BCUT2D eigenvalue weighted by atomic mass is 31.3. The molecule has 32 heavy (non-hydrogen) atoms. The van der Waals surface area contributed by atoms with E-state index in [1.807, 2.05) is 0 Å². The molecule has 2 aromatic heterocycles. The van der Waals surface area contributed by atoms with Crippen LogP contribution in [0.15, 0.2) is 11.1 Å². The van der Waals surface area contributed by atoms with E-state index in [0.29, 0.717) is 0 Å². The van der Waals surface area contributed by atoms with Crippen molar-refractivity contribution in [1.82, 2.24) is 19.5 Å². The molecule has 1 fully saturated rings. The van der Waals surface area contributed by atoms with Gasteiger partial charge in [0.1, 0.15) is 18.3 Å². The van der Waals surface area contributed by atoms with Gasteiger partial charge in [0, 0.05) is 0 Å². The number of aliphatic hydroxyl groups excluding tert-OH is 2. The predicted octanol–water partition coefficient (Wildman–Crippen LogP) is -2.97. The van der Waals surface area contributed by atoms with Crippen LogP contribution in [-0.2, 0) is 31.6 Å². The zero-order valence-corrected chi connectivity index (χ0v) is 17.9. The van der Waals surface area contributed by atoms with Gasteiger partial charge in [-0.2, -0.15) is 9.29 Å². The number of anilines is 1. The Morgan fingerprint density at radius 3 is 2.47 bits per heavy atom. The molecular formula is C10H15N5O14P3-. The Balaban J connectivity index is 1.72. The van der Waals surface area contributed by atoms with Crippen LogP contribution in [0.5, 0.6) is 0 Å². The molecule has 8 N–H and O–H groups in total. The molecule has 0 amide bonds. The number of rotatable bonds is 8. The zero-order valence-electron chi connectivity index (χ0n) is 15.3. The number of phosphoric acid groups is 3. The molecule has 0 spiro atoms. The van der Waals surface area contributed by atoms with E-state index in [1.54, 1.807) is 0 Å². The van der Waals surface area contributed by atoms with Gasteiger partial charge in [0.05, 0.1) is 12.9 Å². The van der Waals surface area contributed by atoms with Crippen molar-refractivity contribution in [2.24, 2.45) is 0 Å². The van der Waals surface area contributed by atoms with Crippen molar-refractivity contribution in [2.45, 2.75) is 24.5 Å². The van der Waals surface area contributed by atoms with Crippen LogP contribution in [0.1, 0.15) is 6.23 Å². The number of hydrogen-bond donors (Lipinski definition) is 7. The highest BCUT2D eigenvalue weighted by molar-refractivity contribution is 7.66. The lowest BCUT2D eigenvalue weighted by molar-refractivity contribution is -0.212. The molecule has 1 aliphatic heterocycles. The van der Waals surface area contributed by atoms with E-state index in [1.165, 1.54) is 0 Å². The average molecular weight is 522 g/mol. The summed E-state index contributed by atoms with van der Waals surface area (Å²) in [6.45, 7) is -1.03. The lowest BCUT2D eigenvalue weighted by Gasteiger charge is -2.21. The summed E-state index contributed by atoms with van der Waals surface area (Å²) in [6, 6.07) is 0. The number of nitrogens with one attached hydrogen (secondary N) is 1. The van der Waals surface area contributed by atoms with Gasteiger partial charge in [0.2, 0.25) is 5.95 Å². The van der Waals surface area contributed by atoms with Gasteiger partial charge in [-0.1, -0.05) is 0 Å². The molecule has 7 atom stereocenters. The third-order valence-electron chi connectivity index (χ3n) is 3.88. The van der Waals surface area contributed by atoms with Crippen LogP contribution in [0.3, 0.4) is 0 Å². The summed E-state index contributed by atoms with van der Waals surface area (Å²) in [7, 11) is -17.1. The summed E-state index contributed by atoms with van der Waals surface area (Å²) >= 11 is 0. The largest absolute Gasteiger partial charge is 0.756 e. The SMILES string of the molecule is Nc1nc2c(ncn2[C@H]2O[C@H](COP(=O)(O)OP(=O)(O)OP(=O)([O-])O)[C@@H](O)[C@H]2O)c(=O)[nH]1. The third-order valence-corrected chi connectivity index (χ3v) is 7.65. The molecule has 3 heterocycles. The Kier molecular flexibility index (Phi) is 6.78. The first kappa shape index (κ1) is 25.1. The van der Waals surface area contributed by atoms with E-state index >= 15 is 0 Å². The fourth-order valence-electron chi connectivity index (χ4n) is 2.69. The second-order valence-electron chi connectivity index (χ2n) is 6.19. The minimum absolute atomic E-state index is 0.121. The first-order chi connectivity index (χ1) is 14.6. The summed E-state index contributed by atoms with van der Waals surface area (Å²) in [5.41, 5.74) is 4.48. The third kappa shape index (κ3) is 5.67. The van der Waals surface area contributed by atoms with Crippen LogP contribution >= 0.6 is 23.5 Å². The molecular weight excluding hydrogens is 507 g/mol. The molecule has 180 valence electrons. The van der Waals surface area contributed by atoms with Gasteiger partial charge >= 0.3 is 15.6 Å². The topological polar surface area (TPSA) is 302 Å². The summed E-state index contributed by atoms with van der Waals surface area (Å²) in [5, 5.41) is 20.4. The number of hydrogen-bond acceptors (Lipinski definition) is 14. The Morgan fingerprint density at radius 1 is 1.19 bits per heavy atom. The van der Waals surface area contributed by atoms with E-state index in [9.17, 15) is 38.5 Å². The van der Waals surface area contributed by atoms with Crippen LogP contribution in [0.4, 0.5) is 5.95 Å². The van der Waals surface area contributed by atoms with Crippen LogP contribution in [-0.4, -0.2) is 69.3 Å². The number of aliphatic hydroxyl groups is 2. The number of nitrogens with zero attached hydrogens (tertiary/aromatic N) is 3. The Labute approximate surface area is 175 Å². The second-order valence-corrected chi connectivity index (χ2v) is 10.6. The van der Waals surface area contributed by atoms with Crippen molar-refractivity contribution in [2.75, 3.05) is 12.3 Å². The number of nitrogen functional groups attached to an aromatic ring is 1. The fraction of sp³-hybridized carbons (Fsp3) is 0.500. The Hall–Kier alpha value is -1.56. The monoisotopic (exact) mass is 522 g/mol. The molecule has 0 aliphatic carbocycles. The highest BCUT2D eigenvalue weighted by Crippen LogP contribution is 2.65. The van der Waals surface area contributed by atoms with Crippen LogP contribution in [0.25, 0.3) is 11.2 Å². The molecule has 3 unspecified atom stereocenters. The maximum Gasteiger partial charge on any atom is 0.487 e. The number of ether oxygens (including phenoxy) is 1. The number of aromatic amines is 1. The molecule has 19 nitrogen and oxygen atoms in total. The van der Waals surface area contributed by atoms with Gasteiger partial charge < -0.3 is 40.3 Å². The smallest absolute Gasteiger partial charge is 0.487 e. The molecule has 0 bridgehead atoms. The second kappa shape index (κ2) is 8.66. The van der Waals surface area contributed by atoms with Gasteiger partial charge in [0.15, 0.2) is 17.4 Å². The van der Waals surface area contributed by atoms with E-state index in [0.717, 1.165) is 10.9 Å². The Morgan fingerprint density at radius 2 is 1.84 bits per heavy atom. The van der Waals surface area contributed by atoms with Crippen molar-refractivity contribution in [3.05, 3.63) is 16.7 Å². The molecule has 0 aromatic carbocycles. The van der Waals surface area contributed by atoms with Crippen molar-refractivity contribution in [1.29, 1.82) is 0 Å². The molecule has 3 rings (SSSR count). The number of fused-ring (bicyclic) bond motifs is 1. The van der Waals surface area contributed by atoms with Crippen LogP contribution in [0, 0.1) is 0 Å². The molecule has 1 saturated heterocycles. The lowest BCUT2D eigenvalue weighted by atomic mass is 10.1. The summed E-state index contributed by atoms with van der Waals surface area (Å²) in [5.74, 6) is -0.281. The predicted molar refractivity (Wildman–Crippen MR) is 96.1 cm³/mol. The number of imidazole rings is 1. The molecule has 1 aliphatic rings. The molecule has 2 aromatic rings. The molecule has 22 heteroatoms. The van der Waals surface area contributed by atoms with Gasteiger partial charge in [0.25, 0.3) is 13.4 Å². The van der Waals surface area contributed by atoms with Crippen molar-refractivity contribution >= 4 is 40.6 Å². The van der Waals surface area contributed by atoms with Crippen LogP contribution in [0.2, 0.25) is 0 Å². The lowest BCUT2D eigenvalue weighted by Crippen LogP contribution is -2.33. The average Bonchev–Trinajstić information content (AvgIpc) is 3.12. The minimum atomic E-state index is -5.82. The fourth-order valence-corrected chi connectivity index (χ4v) is 5.69. The van der Waals surface area contributed by atoms with E-state index in [-0.39, 0.29) is 17.1 Å². The number of nitrogens with two attached hydrogens (primary N) is 1. The summed E-state index contributed by atoms with van der Waals surface area (Å²) in [4.78, 5) is 59.1. The van der Waals surface area contributed by atoms with Crippen molar-refractivity contribution in [3.63, 3.8) is 0 Å².